The third-order valence-corrected chi connectivity index (χ3v) is 3.39. The summed E-state index contributed by atoms with van der Waals surface area (Å²) in [5, 5.41) is 3.26. The second kappa shape index (κ2) is 6.11. The molecule has 0 amide bonds. The average molecular weight is 256 g/mol. The van der Waals surface area contributed by atoms with Crippen molar-refractivity contribution in [1.82, 2.24) is 5.32 Å². The molecule has 0 aliphatic carbocycles. The molecule has 2 rings (SSSR count). The molecule has 1 aliphatic heterocycles. The number of alkyl halides is 2. The number of nitrogens with one attached hydrogen (secondary N) is 1. The predicted octanol–water partition coefficient (Wildman–Crippen LogP) is 2.29. The van der Waals surface area contributed by atoms with Gasteiger partial charge in [-0.1, -0.05) is 18.2 Å². The van der Waals surface area contributed by atoms with Crippen LogP contribution in [0.4, 0.5) is 8.78 Å². The van der Waals surface area contributed by atoms with Crippen LogP contribution in [-0.2, 0) is 0 Å². The van der Waals surface area contributed by atoms with E-state index in [0.717, 1.165) is 25.9 Å². The zero-order valence-corrected chi connectivity index (χ0v) is 10.1. The molecule has 0 spiro atoms. The van der Waals surface area contributed by atoms with Gasteiger partial charge >= 0.3 is 6.61 Å². The maximum absolute atomic E-state index is 12.3. The van der Waals surface area contributed by atoms with E-state index in [-0.39, 0.29) is 11.8 Å². The van der Waals surface area contributed by atoms with Gasteiger partial charge in [-0.3, -0.25) is 0 Å². The first-order valence-corrected chi connectivity index (χ1v) is 6.18. The second-order valence-electron chi connectivity index (χ2n) is 4.53. The smallest absolute Gasteiger partial charge is 0.387 e. The van der Waals surface area contributed by atoms with Gasteiger partial charge in [0.15, 0.2) is 0 Å². The summed E-state index contributed by atoms with van der Waals surface area (Å²) < 4.78 is 29.2. The number of para-hydroxylation sites is 1. The fourth-order valence-electron chi connectivity index (χ4n) is 2.42. The molecule has 1 fully saturated rings. The third-order valence-electron chi connectivity index (χ3n) is 3.39. The molecule has 0 unspecified atom stereocenters. The normalized spacial score (nSPS) is 18.9. The Balaban J connectivity index is 2.15. The van der Waals surface area contributed by atoms with Crippen LogP contribution in [0.15, 0.2) is 24.3 Å². The molecule has 1 aliphatic rings. The lowest BCUT2D eigenvalue weighted by Crippen LogP contribution is -2.34. The molecule has 1 saturated heterocycles. The van der Waals surface area contributed by atoms with Gasteiger partial charge in [0.05, 0.1) is 0 Å². The Kier molecular flexibility index (Phi) is 4.49. The molecule has 0 aromatic heterocycles. The highest BCUT2D eigenvalue weighted by molar-refractivity contribution is 5.36. The average Bonchev–Trinajstić information content (AvgIpc) is 2.39. The van der Waals surface area contributed by atoms with Crippen LogP contribution in [-0.4, -0.2) is 19.7 Å². The maximum atomic E-state index is 12.3. The van der Waals surface area contributed by atoms with Crippen LogP contribution in [0.3, 0.4) is 0 Å². The Morgan fingerprint density at radius 3 is 2.56 bits per heavy atom. The zero-order chi connectivity index (χ0) is 13.0. The monoisotopic (exact) mass is 256 g/mol. The van der Waals surface area contributed by atoms with E-state index in [9.17, 15) is 8.78 Å². The van der Waals surface area contributed by atoms with Crippen molar-refractivity contribution in [2.75, 3.05) is 13.1 Å². The standard InChI is InChI=1S/C13H18F2N2O/c14-13(15)18-11-4-2-1-3-10(11)12(16)9-5-7-17-8-6-9/h1-4,9,12-13,17H,5-8,16H2/t12-/m1/s1. The van der Waals surface area contributed by atoms with Crippen LogP contribution in [0.2, 0.25) is 0 Å². The first-order chi connectivity index (χ1) is 8.68. The minimum Gasteiger partial charge on any atom is -0.434 e. The van der Waals surface area contributed by atoms with Crippen molar-refractivity contribution in [3.05, 3.63) is 29.8 Å². The van der Waals surface area contributed by atoms with E-state index < -0.39 is 6.61 Å². The predicted molar refractivity (Wildman–Crippen MR) is 65.6 cm³/mol. The van der Waals surface area contributed by atoms with Crippen molar-refractivity contribution in [3.8, 4) is 5.75 Å². The quantitative estimate of drug-likeness (QED) is 0.869. The number of hydrogen-bond acceptors (Lipinski definition) is 3. The van der Waals surface area contributed by atoms with Gasteiger partial charge in [-0.05, 0) is 37.9 Å². The van der Waals surface area contributed by atoms with Crippen LogP contribution in [0.1, 0.15) is 24.4 Å². The van der Waals surface area contributed by atoms with Crippen LogP contribution in [0, 0.1) is 5.92 Å². The van der Waals surface area contributed by atoms with Crippen LogP contribution in [0.25, 0.3) is 0 Å². The lowest BCUT2D eigenvalue weighted by molar-refractivity contribution is -0.0508. The fourth-order valence-corrected chi connectivity index (χ4v) is 2.42. The minimum atomic E-state index is -2.81. The molecule has 0 saturated carbocycles. The second-order valence-corrected chi connectivity index (χ2v) is 4.53. The number of nitrogens with two attached hydrogens (primary N) is 1. The summed E-state index contributed by atoms with van der Waals surface area (Å²) in [6.45, 7) is -0.960. The molecule has 3 N–H and O–H groups in total. The molecule has 1 atom stereocenters. The molecule has 100 valence electrons. The summed E-state index contributed by atoms with van der Waals surface area (Å²) >= 11 is 0. The number of hydrogen-bond donors (Lipinski definition) is 2. The van der Waals surface area contributed by atoms with Gasteiger partial charge in [0.2, 0.25) is 0 Å². The van der Waals surface area contributed by atoms with E-state index in [1.54, 1.807) is 24.3 Å². The Morgan fingerprint density at radius 1 is 1.22 bits per heavy atom. The lowest BCUT2D eigenvalue weighted by atomic mass is 9.86. The van der Waals surface area contributed by atoms with Crippen LogP contribution >= 0.6 is 0 Å². The first-order valence-electron chi connectivity index (χ1n) is 6.18. The zero-order valence-electron chi connectivity index (χ0n) is 10.1. The Hall–Kier alpha value is -1.20. The number of benzene rings is 1. The van der Waals surface area contributed by atoms with E-state index in [1.165, 1.54) is 0 Å². The molecular weight excluding hydrogens is 238 g/mol. The van der Waals surface area contributed by atoms with Crippen LogP contribution in [0.5, 0.6) is 5.75 Å². The summed E-state index contributed by atoms with van der Waals surface area (Å²) in [6.07, 6.45) is 1.92. The van der Waals surface area contributed by atoms with Gasteiger partial charge in [-0.2, -0.15) is 8.78 Å². The number of rotatable bonds is 4. The van der Waals surface area contributed by atoms with E-state index in [0.29, 0.717) is 11.5 Å². The topological polar surface area (TPSA) is 47.3 Å². The van der Waals surface area contributed by atoms with E-state index >= 15 is 0 Å². The number of halogens is 2. The minimum absolute atomic E-state index is 0.193. The summed E-state index contributed by atoms with van der Waals surface area (Å²) in [7, 11) is 0. The van der Waals surface area contributed by atoms with Crippen molar-refractivity contribution in [2.24, 2.45) is 11.7 Å². The molecule has 1 aromatic carbocycles. The van der Waals surface area contributed by atoms with Gasteiger partial charge in [-0.15, -0.1) is 0 Å². The summed E-state index contributed by atoms with van der Waals surface area (Å²) in [5.74, 6) is 0.507. The largest absolute Gasteiger partial charge is 0.434 e. The highest BCUT2D eigenvalue weighted by Crippen LogP contribution is 2.33. The van der Waals surface area contributed by atoms with E-state index in [1.807, 2.05) is 0 Å². The molecule has 0 bridgehead atoms. The van der Waals surface area contributed by atoms with Gasteiger partial charge in [0.1, 0.15) is 5.75 Å². The molecule has 18 heavy (non-hydrogen) atoms. The highest BCUT2D eigenvalue weighted by atomic mass is 19.3. The first kappa shape index (κ1) is 13.2. The van der Waals surface area contributed by atoms with Gasteiger partial charge < -0.3 is 15.8 Å². The Bertz CT molecular complexity index is 381. The number of piperidine rings is 1. The highest BCUT2D eigenvalue weighted by Gasteiger charge is 2.24. The molecular formula is C13H18F2N2O. The van der Waals surface area contributed by atoms with E-state index in [4.69, 9.17) is 5.73 Å². The van der Waals surface area contributed by atoms with Crippen molar-refractivity contribution in [3.63, 3.8) is 0 Å². The van der Waals surface area contributed by atoms with Crippen molar-refractivity contribution < 1.29 is 13.5 Å². The Labute approximate surface area is 105 Å². The molecule has 1 heterocycles. The van der Waals surface area contributed by atoms with Crippen molar-refractivity contribution in [1.29, 1.82) is 0 Å². The van der Waals surface area contributed by atoms with Crippen molar-refractivity contribution >= 4 is 0 Å². The van der Waals surface area contributed by atoms with Gasteiger partial charge in [-0.25, -0.2) is 0 Å². The summed E-state index contributed by atoms with van der Waals surface area (Å²) in [6, 6.07) is 6.54. The Morgan fingerprint density at radius 2 is 1.89 bits per heavy atom. The summed E-state index contributed by atoms with van der Waals surface area (Å²) in [5.41, 5.74) is 6.86. The molecule has 3 nitrogen and oxygen atoms in total. The maximum Gasteiger partial charge on any atom is 0.387 e. The lowest BCUT2D eigenvalue weighted by Gasteiger charge is -2.29. The van der Waals surface area contributed by atoms with Gasteiger partial charge in [0.25, 0.3) is 0 Å². The van der Waals surface area contributed by atoms with Crippen LogP contribution < -0.4 is 15.8 Å². The fraction of sp³-hybridized carbons (Fsp3) is 0.538. The molecule has 5 heteroatoms. The molecule has 1 aromatic rings. The summed E-state index contributed by atoms with van der Waals surface area (Å²) in [4.78, 5) is 0. The van der Waals surface area contributed by atoms with Crippen molar-refractivity contribution in [2.45, 2.75) is 25.5 Å². The number of ether oxygens (including phenoxy) is 1. The molecule has 0 radical (unpaired) electrons. The third kappa shape index (κ3) is 3.17. The van der Waals surface area contributed by atoms with Gasteiger partial charge in [0, 0.05) is 11.6 Å². The van der Waals surface area contributed by atoms with E-state index in [2.05, 4.69) is 10.1 Å². The SMILES string of the molecule is N[C@@H](c1ccccc1OC(F)F)C1CCNCC1.